The van der Waals surface area contributed by atoms with Gasteiger partial charge in [-0.3, -0.25) is 9.69 Å². The Morgan fingerprint density at radius 2 is 2.05 bits per heavy atom. The summed E-state index contributed by atoms with van der Waals surface area (Å²) in [6, 6.07) is 7.92. The third kappa shape index (κ3) is 3.73. The Kier molecular flexibility index (Phi) is 5.41. The SMILES string of the molecule is CCOC(=O)C1CCCCN1Cc1ccc(OC)cc1. The molecule has 1 saturated heterocycles. The maximum absolute atomic E-state index is 12.0. The predicted octanol–water partition coefficient (Wildman–Crippen LogP) is 2.61. The topological polar surface area (TPSA) is 38.8 Å². The van der Waals surface area contributed by atoms with Crippen molar-refractivity contribution in [2.75, 3.05) is 20.3 Å². The molecule has 0 radical (unpaired) electrons. The number of esters is 1. The summed E-state index contributed by atoms with van der Waals surface area (Å²) in [4.78, 5) is 14.2. The normalized spacial score (nSPS) is 19.6. The van der Waals surface area contributed by atoms with Crippen molar-refractivity contribution >= 4 is 5.97 Å². The number of carbonyl (C=O) groups is 1. The summed E-state index contributed by atoms with van der Waals surface area (Å²) in [7, 11) is 1.66. The predicted molar refractivity (Wildman–Crippen MR) is 77.7 cm³/mol. The number of carbonyl (C=O) groups excluding carboxylic acids is 1. The standard InChI is InChI=1S/C16H23NO3/c1-3-20-16(18)15-6-4-5-11-17(15)12-13-7-9-14(19-2)10-8-13/h7-10,15H,3-6,11-12H2,1-2H3. The Morgan fingerprint density at radius 1 is 1.30 bits per heavy atom. The molecule has 1 unspecified atom stereocenters. The van der Waals surface area contributed by atoms with Gasteiger partial charge in [0, 0.05) is 6.54 Å². The first-order valence-corrected chi connectivity index (χ1v) is 7.28. The molecule has 0 amide bonds. The van der Waals surface area contributed by atoms with Crippen LogP contribution in [-0.4, -0.2) is 37.2 Å². The van der Waals surface area contributed by atoms with Crippen molar-refractivity contribution in [3.8, 4) is 5.75 Å². The third-order valence-electron chi connectivity index (χ3n) is 3.72. The van der Waals surface area contributed by atoms with Crippen LogP contribution in [0.15, 0.2) is 24.3 Å². The monoisotopic (exact) mass is 277 g/mol. The van der Waals surface area contributed by atoms with Gasteiger partial charge in [-0.2, -0.15) is 0 Å². The maximum Gasteiger partial charge on any atom is 0.323 e. The van der Waals surface area contributed by atoms with E-state index >= 15 is 0 Å². The number of piperidine rings is 1. The van der Waals surface area contributed by atoms with Gasteiger partial charge in [0.15, 0.2) is 0 Å². The third-order valence-corrected chi connectivity index (χ3v) is 3.72. The van der Waals surface area contributed by atoms with Crippen molar-refractivity contribution in [3.05, 3.63) is 29.8 Å². The summed E-state index contributed by atoms with van der Waals surface area (Å²) in [6.07, 6.45) is 3.14. The number of nitrogens with zero attached hydrogens (tertiary/aromatic N) is 1. The quantitative estimate of drug-likeness (QED) is 0.776. The second-order valence-electron chi connectivity index (χ2n) is 5.08. The number of hydrogen-bond acceptors (Lipinski definition) is 4. The number of benzene rings is 1. The second-order valence-corrected chi connectivity index (χ2v) is 5.08. The van der Waals surface area contributed by atoms with E-state index in [2.05, 4.69) is 17.0 Å². The van der Waals surface area contributed by atoms with Gasteiger partial charge >= 0.3 is 5.97 Å². The van der Waals surface area contributed by atoms with E-state index in [1.165, 1.54) is 5.56 Å². The van der Waals surface area contributed by atoms with E-state index in [1.54, 1.807) is 7.11 Å². The van der Waals surface area contributed by atoms with E-state index in [0.717, 1.165) is 38.1 Å². The zero-order valence-corrected chi connectivity index (χ0v) is 12.3. The average molecular weight is 277 g/mol. The highest BCUT2D eigenvalue weighted by molar-refractivity contribution is 5.75. The van der Waals surface area contributed by atoms with Gasteiger partial charge in [-0.1, -0.05) is 18.6 Å². The van der Waals surface area contributed by atoms with Crippen LogP contribution in [-0.2, 0) is 16.1 Å². The molecule has 0 aromatic heterocycles. The molecule has 2 rings (SSSR count). The van der Waals surface area contributed by atoms with Gasteiger partial charge in [0.1, 0.15) is 11.8 Å². The molecule has 0 bridgehead atoms. The lowest BCUT2D eigenvalue weighted by molar-refractivity contribution is -0.151. The van der Waals surface area contributed by atoms with Crippen molar-refractivity contribution in [1.29, 1.82) is 0 Å². The molecule has 1 heterocycles. The van der Waals surface area contributed by atoms with Gasteiger partial charge in [-0.15, -0.1) is 0 Å². The number of likely N-dealkylation sites (tertiary alicyclic amines) is 1. The molecular formula is C16H23NO3. The van der Waals surface area contributed by atoms with Gasteiger partial charge in [0.25, 0.3) is 0 Å². The van der Waals surface area contributed by atoms with Crippen LogP contribution in [0.2, 0.25) is 0 Å². The summed E-state index contributed by atoms with van der Waals surface area (Å²) in [5.74, 6) is 0.773. The number of hydrogen-bond donors (Lipinski definition) is 0. The molecule has 0 N–H and O–H groups in total. The van der Waals surface area contributed by atoms with Crippen LogP contribution < -0.4 is 4.74 Å². The van der Waals surface area contributed by atoms with E-state index in [1.807, 2.05) is 19.1 Å². The van der Waals surface area contributed by atoms with Gasteiger partial charge in [0.2, 0.25) is 0 Å². The summed E-state index contributed by atoms with van der Waals surface area (Å²) in [5.41, 5.74) is 1.20. The Balaban J connectivity index is 2.02. The van der Waals surface area contributed by atoms with Gasteiger partial charge in [-0.05, 0) is 44.0 Å². The highest BCUT2D eigenvalue weighted by Gasteiger charge is 2.29. The zero-order chi connectivity index (χ0) is 14.4. The fourth-order valence-electron chi connectivity index (χ4n) is 2.65. The summed E-state index contributed by atoms with van der Waals surface area (Å²) in [5, 5.41) is 0. The Bertz CT molecular complexity index is 430. The van der Waals surface area contributed by atoms with E-state index in [-0.39, 0.29) is 12.0 Å². The lowest BCUT2D eigenvalue weighted by Gasteiger charge is -2.33. The average Bonchev–Trinajstić information content (AvgIpc) is 2.49. The molecule has 1 atom stereocenters. The maximum atomic E-state index is 12.0. The molecule has 110 valence electrons. The molecule has 1 aromatic carbocycles. The lowest BCUT2D eigenvalue weighted by atomic mass is 10.0. The van der Waals surface area contributed by atoms with Gasteiger partial charge in [-0.25, -0.2) is 0 Å². The molecule has 0 aliphatic carbocycles. The van der Waals surface area contributed by atoms with Crippen LogP contribution in [0.4, 0.5) is 0 Å². The Labute approximate surface area is 120 Å². The highest BCUT2D eigenvalue weighted by atomic mass is 16.5. The summed E-state index contributed by atoms with van der Waals surface area (Å²) < 4.78 is 10.3. The molecule has 4 heteroatoms. The van der Waals surface area contributed by atoms with Gasteiger partial charge in [0.05, 0.1) is 13.7 Å². The van der Waals surface area contributed by atoms with Crippen molar-refractivity contribution in [2.45, 2.75) is 38.8 Å². The van der Waals surface area contributed by atoms with E-state index in [9.17, 15) is 4.79 Å². The summed E-state index contributed by atoms with van der Waals surface area (Å²) >= 11 is 0. The van der Waals surface area contributed by atoms with Crippen LogP contribution in [0, 0.1) is 0 Å². The molecule has 0 spiro atoms. The lowest BCUT2D eigenvalue weighted by Crippen LogP contribution is -2.44. The van der Waals surface area contributed by atoms with Crippen LogP contribution in [0.25, 0.3) is 0 Å². The fourth-order valence-corrected chi connectivity index (χ4v) is 2.65. The fraction of sp³-hybridized carbons (Fsp3) is 0.562. The van der Waals surface area contributed by atoms with Crippen LogP contribution in [0.3, 0.4) is 0 Å². The molecule has 4 nitrogen and oxygen atoms in total. The molecule has 1 aliphatic rings. The number of rotatable bonds is 5. The first-order valence-electron chi connectivity index (χ1n) is 7.28. The molecule has 1 aliphatic heterocycles. The minimum Gasteiger partial charge on any atom is -0.497 e. The van der Waals surface area contributed by atoms with Crippen LogP contribution in [0.1, 0.15) is 31.7 Å². The Morgan fingerprint density at radius 3 is 2.70 bits per heavy atom. The van der Waals surface area contributed by atoms with E-state index in [0.29, 0.717) is 6.61 Å². The second kappa shape index (κ2) is 7.29. The van der Waals surface area contributed by atoms with E-state index < -0.39 is 0 Å². The molecular weight excluding hydrogens is 254 g/mol. The molecule has 0 saturated carbocycles. The summed E-state index contributed by atoms with van der Waals surface area (Å²) in [6.45, 7) is 4.04. The van der Waals surface area contributed by atoms with Gasteiger partial charge < -0.3 is 9.47 Å². The van der Waals surface area contributed by atoms with Crippen LogP contribution in [0.5, 0.6) is 5.75 Å². The molecule has 1 aromatic rings. The van der Waals surface area contributed by atoms with Crippen molar-refractivity contribution < 1.29 is 14.3 Å². The zero-order valence-electron chi connectivity index (χ0n) is 12.3. The van der Waals surface area contributed by atoms with Crippen LogP contribution >= 0.6 is 0 Å². The van der Waals surface area contributed by atoms with Crippen molar-refractivity contribution in [3.63, 3.8) is 0 Å². The smallest absolute Gasteiger partial charge is 0.323 e. The minimum atomic E-state index is -0.0919. The number of ether oxygens (including phenoxy) is 2. The number of methoxy groups -OCH3 is 1. The van der Waals surface area contributed by atoms with E-state index in [4.69, 9.17) is 9.47 Å². The highest BCUT2D eigenvalue weighted by Crippen LogP contribution is 2.21. The first kappa shape index (κ1) is 14.9. The molecule has 20 heavy (non-hydrogen) atoms. The van der Waals surface area contributed by atoms with Crippen molar-refractivity contribution in [1.82, 2.24) is 4.90 Å². The first-order chi connectivity index (χ1) is 9.74. The molecule has 1 fully saturated rings. The Hall–Kier alpha value is -1.55. The minimum absolute atomic E-state index is 0.0827. The van der Waals surface area contributed by atoms with Crippen molar-refractivity contribution in [2.24, 2.45) is 0 Å². The largest absolute Gasteiger partial charge is 0.497 e.